The molecule has 2 aliphatic rings. The number of likely N-dealkylation sites (tertiary alicyclic amines) is 1. The molecule has 1 aliphatic carbocycles. The third-order valence-electron chi connectivity index (χ3n) is 3.43. The van der Waals surface area contributed by atoms with Gasteiger partial charge in [0.25, 0.3) is 0 Å². The van der Waals surface area contributed by atoms with Crippen LogP contribution >= 0.6 is 0 Å². The summed E-state index contributed by atoms with van der Waals surface area (Å²) in [4.78, 5) is 12.5. The van der Waals surface area contributed by atoms with Gasteiger partial charge in [-0.3, -0.25) is 0 Å². The summed E-state index contributed by atoms with van der Waals surface area (Å²) in [5.41, 5.74) is 5.63. The Hall–Kier alpha value is -0.730. The Morgan fingerprint density at radius 2 is 1.91 bits per heavy atom. The quantitative estimate of drug-likeness (QED) is 0.547. The van der Waals surface area contributed by atoms with Crippen LogP contribution in [0.1, 0.15) is 13.8 Å². The Morgan fingerprint density at radius 3 is 2.27 bits per heavy atom. The lowest BCUT2D eigenvalue weighted by molar-refractivity contribution is 0.205. The molecule has 0 aromatic heterocycles. The van der Waals surface area contributed by atoms with Crippen LogP contribution in [0.3, 0.4) is 0 Å². The number of urea groups is 1. The summed E-state index contributed by atoms with van der Waals surface area (Å²) in [6, 6.07) is -0.256. The van der Waals surface area contributed by atoms with E-state index in [1.54, 1.807) is 4.90 Å². The predicted molar refractivity (Wildman–Crippen MR) is 41.9 cm³/mol. The molecule has 1 aliphatic heterocycles. The number of nitrogens with zero attached hydrogens (tertiary/aromatic N) is 1. The zero-order valence-corrected chi connectivity index (χ0v) is 7.00. The standard InChI is InChI=1S/C8H14N2O/c1-8(2)5-3-10(7(9)11)4-6(5)8/h5-6H,3-4H2,1-2H3,(H2,9,11). The van der Waals surface area contributed by atoms with Gasteiger partial charge in [0.05, 0.1) is 0 Å². The van der Waals surface area contributed by atoms with Crippen molar-refractivity contribution in [3.8, 4) is 0 Å². The maximum absolute atomic E-state index is 10.7. The van der Waals surface area contributed by atoms with Crippen LogP contribution in [-0.4, -0.2) is 24.0 Å². The van der Waals surface area contributed by atoms with Crippen molar-refractivity contribution in [2.45, 2.75) is 13.8 Å². The zero-order chi connectivity index (χ0) is 8.22. The van der Waals surface area contributed by atoms with Crippen molar-refractivity contribution < 1.29 is 4.79 Å². The topological polar surface area (TPSA) is 46.3 Å². The van der Waals surface area contributed by atoms with E-state index in [0.717, 1.165) is 24.9 Å². The molecule has 0 aromatic carbocycles. The molecular formula is C8H14N2O. The molecular weight excluding hydrogens is 140 g/mol. The van der Waals surface area contributed by atoms with E-state index in [1.807, 2.05) is 0 Å². The number of nitrogens with two attached hydrogens (primary N) is 1. The Labute approximate surface area is 66.5 Å². The zero-order valence-electron chi connectivity index (χ0n) is 7.00. The van der Waals surface area contributed by atoms with Crippen molar-refractivity contribution >= 4 is 6.03 Å². The van der Waals surface area contributed by atoms with Crippen molar-refractivity contribution in [2.75, 3.05) is 13.1 Å². The van der Waals surface area contributed by atoms with Crippen LogP contribution in [0.4, 0.5) is 4.79 Å². The number of fused-ring (bicyclic) bond motifs is 1. The van der Waals surface area contributed by atoms with E-state index in [0.29, 0.717) is 5.41 Å². The van der Waals surface area contributed by atoms with E-state index in [4.69, 9.17) is 5.73 Å². The molecule has 2 unspecified atom stereocenters. The molecule has 1 heterocycles. The Morgan fingerprint density at radius 1 is 1.45 bits per heavy atom. The first kappa shape index (κ1) is 6.95. The summed E-state index contributed by atoms with van der Waals surface area (Å²) in [6.45, 7) is 6.29. The SMILES string of the molecule is CC1(C)C2CN(C(N)=O)CC21. The van der Waals surface area contributed by atoms with Crippen molar-refractivity contribution in [1.82, 2.24) is 4.90 Å². The van der Waals surface area contributed by atoms with Gasteiger partial charge in [0.15, 0.2) is 0 Å². The second-order valence-electron chi connectivity index (χ2n) is 4.28. The van der Waals surface area contributed by atoms with E-state index in [-0.39, 0.29) is 6.03 Å². The van der Waals surface area contributed by atoms with Crippen LogP contribution in [0.2, 0.25) is 0 Å². The highest BCUT2D eigenvalue weighted by atomic mass is 16.2. The largest absolute Gasteiger partial charge is 0.351 e. The van der Waals surface area contributed by atoms with E-state index < -0.39 is 0 Å². The number of piperidine rings is 1. The summed E-state index contributed by atoms with van der Waals surface area (Å²) in [6.07, 6.45) is 0. The van der Waals surface area contributed by atoms with Gasteiger partial charge < -0.3 is 10.6 Å². The molecule has 2 rings (SSSR count). The molecule has 1 saturated heterocycles. The van der Waals surface area contributed by atoms with E-state index >= 15 is 0 Å². The van der Waals surface area contributed by atoms with Gasteiger partial charge in [-0.1, -0.05) is 13.8 Å². The predicted octanol–water partition coefficient (Wildman–Crippen LogP) is 0.653. The number of rotatable bonds is 0. The molecule has 0 bridgehead atoms. The molecule has 2 amide bonds. The third kappa shape index (κ3) is 0.767. The first-order chi connectivity index (χ1) is 5.03. The van der Waals surface area contributed by atoms with E-state index in [1.165, 1.54) is 0 Å². The van der Waals surface area contributed by atoms with Crippen LogP contribution in [0, 0.1) is 17.3 Å². The van der Waals surface area contributed by atoms with Gasteiger partial charge in [-0.25, -0.2) is 4.79 Å². The summed E-state index contributed by atoms with van der Waals surface area (Å²) >= 11 is 0. The van der Waals surface area contributed by atoms with Gasteiger partial charge in [0.2, 0.25) is 0 Å². The van der Waals surface area contributed by atoms with Gasteiger partial charge in [-0.15, -0.1) is 0 Å². The summed E-state index contributed by atoms with van der Waals surface area (Å²) in [7, 11) is 0. The summed E-state index contributed by atoms with van der Waals surface area (Å²) in [5, 5.41) is 0. The van der Waals surface area contributed by atoms with E-state index in [9.17, 15) is 4.79 Å². The van der Waals surface area contributed by atoms with Gasteiger partial charge in [-0.2, -0.15) is 0 Å². The van der Waals surface area contributed by atoms with Gasteiger partial charge in [0, 0.05) is 13.1 Å². The summed E-state index contributed by atoms with van der Waals surface area (Å²) < 4.78 is 0. The maximum Gasteiger partial charge on any atom is 0.314 e. The maximum atomic E-state index is 10.7. The van der Waals surface area contributed by atoms with Gasteiger partial charge in [0.1, 0.15) is 0 Å². The molecule has 1 saturated carbocycles. The second kappa shape index (κ2) is 1.71. The molecule has 2 fully saturated rings. The lowest BCUT2D eigenvalue weighted by Gasteiger charge is -2.19. The van der Waals surface area contributed by atoms with Crippen LogP contribution in [0.5, 0.6) is 0 Å². The first-order valence-corrected chi connectivity index (χ1v) is 4.08. The van der Waals surface area contributed by atoms with Crippen LogP contribution < -0.4 is 5.73 Å². The highest BCUT2D eigenvalue weighted by Crippen LogP contribution is 2.61. The lowest BCUT2D eigenvalue weighted by Crippen LogP contribution is -2.36. The first-order valence-electron chi connectivity index (χ1n) is 4.08. The Balaban J connectivity index is 2.00. The average molecular weight is 154 g/mol. The number of carbonyl (C=O) groups is 1. The minimum absolute atomic E-state index is 0.256. The number of primary amides is 1. The van der Waals surface area contributed by atoms with Crippen LogP contribution in [0.15, 0.2) is 0 Å². The molecule has 0 spiro atoms. The van der Waals surface area contributed by atoms with Crippen molar-refractivity contribution in [2.24, 2.45) is 23.0 Å². The molecule has 3 nitrogen and oxygen atoms in total. The smallest absolute Gasteiger partial charge is 0.314 e. The number of carbonyl (C=O) groups excluding carboxylic acids is 1. The number of hydrogen-bond donors (Lipinski definition) is 1. The number of amides is 2. The van der Waals surface area contributed by atoms with E-state index in [2.05, 4.69) is 13.8 Å². The molecule has 11 heavy (non-hydrogen) atoms. The molecule has 2 atom stereocenters. The molecule has 3 heteroatoms. The molecule has 2 N–H and O–H groups in total. The molecule has 0 radical (unpaired) electrons. The average Bonchev–Trinajstić information content (AvgIpc) is 2.28. The fourth-order valence-electron chi connectivity index (χ4n) is 2.31. The molecule has 62 valence electrons. The summed E-state index contributed by atoms with van der Waals surface area (Å²) in [5.74, 6) is 1.44. The minimum Gasteiger partial charge on any atom is -0.351 e. The lowest BCUT2D eigenvalue weighted by atomic mass is 10.1. The van der Waals surface area contributed by atoms with Gasteiger partial charge >= 0.3 is 6.03 Å². The molecule has 0 aromatic rings. The second-order valence-corrected chi connectivity index (χ2v) is 4.28. The Bertz CT molecular complexity index is 198. The van der Waals surface area contributed by atoms with Crippen molar-refractivity contribution in [3.05, 3.63) is 0 Å². The highest BCUT2D eigenvalue weighted by Gasteiger charge is 2.62. The van der Waals surface area contributed by atoms with Crippen molar-refractivity contribution in [3.63, 3.8) is 0 Å². The van der Waals surface area contributed by atoms with Crippen LogP contribution in [-0.2, 0) is 0 Å². The van der Waals surface area contributed by atoms with Crippen LogP contribution in [0.25, 0.3) is 0 Å². The fourth-order valence-corrected chi connectivity index (χ4v) is 2.31. The number of hydrogen-bond acceptors (Lipinski definition) is 1. The highest BCUT2D eigenvalue weighted by molar-refractivity contribution is 5.72. The van der Waals surface area contributed by atoms with Gasteiger partial charge in [-0.05, 0) is 17.3 Å². The third-order valence-corrected chi connectivity index (χ3v) is 3.43. The minimum atomic E-state index is -0.256. The van der Waals surface area contributed by atoms with Crippen molar-refractivity contribution in [1.29, 1.82) is 0 Å². The fraction of sp³-hybridized carbons (Fsp3) is 0.875. The normalized spacial score (nSPS) is 38.5. The monoisotopic (exact) mass is 154 g/mol. The Kier molecular flexibility index (Phi) is 1.08.